The van der Waals surface area contributed by atoms with E-state index in [4.69, 9.17) is 11.6 Å². The number of anilines is 1. The van der Waals surface area contributed by atoms with Crippen LogP contribution in [0.1, 0.15) is 24.7 Å². The maximum atomic E-state index is 11.7. The van der Waals surface area contributed by atoms with Gasteiger partial charge in [-0.2, -0.15) is 0 Å². The van der Waals surface area contributed by atoms with Gasteiger partial charge in [-0.3, -0.25) is 4.90 Å². The predicted molar refractivity (Wildman–Crippen MR) is 92.0 cm³/mol. The van der Waals surface area contributed by atoms with Gasteiger partial charge in [0.2, 0.25) is 0 Å². The van der Waals surface area contributed by atoms with Crippen molar-refractivity contribution in [3.05, 3.63) is 16.5 Å². The van der Waals surface area contributed by atoms with Crippen LogP contribution in [0.3, 0.4) is 0 Å². The summed E-state index contributed by atoms with van der Waals surface area (Å²) in [5, 5.41) is 0.541. The molecule has 0 saturated carbocycles. The van der Waals surface area contributed by atoms with Gasteiger partial charge in [0.25, 0.3) is 0 Å². The molecule has 2 fully saturated rings. The molecular weight excluding hydrogens is 336 g/mol. The van der Waals surface area contributed by atoms with Crippen LogP contribution in [-0.2, 0) is 16.3 Å². The average Bonchev–Trinajstić information content (AvgIpc) is 2.87. The van der Waals surface area contributed by atoms with Crippen LogP contribution < -0.4 is 4.90 Å². The molecule has 23 heavy (non-hydrogen) atoms. The van der Waals surface area contributed by atoms with Crippen LogP contribution >= 0.6 is 11.6 Å². The highest BCUT2D eigenvalue weighted by atomic mass is 35.5. The molecule has 2 aliphatic heterocycles. The average molecular weight is 359 g/mol. The summed E-state index contributed by atoms with van der Waals surface area (Å²) in [7, 11) is -2.83. The van der Waals surface area contributed by atoms with Gasteiger partial charge in [0.05, 0.1) is 11.5 Å². The van der Waals surface area contributed by atoms with Gasteiger partial charge in [0.15, 0.2) is 9.84 Å². The third kappa shape index (κ3) is 3.61. The molecule has 3 rings (SSSR count). The van der Waals surface area contributed by atoms with Crippen molar-refractivity contribution in [3.63, 3.8) is 0 Å². The third-order valence-electron chi connectivity index (χ3n) is 4.74. The van der Waals surface area contributed by atoms with E-state index in [0.717, 1.165) is 50.4 Å². The molecular formula is C15H23ClN4O2S. The zero-order chi connectivity index (χ0) is 16.6. The van der Waals surface area contributed by atoms with E-state index in [-0.39, 0.29) is 6.04 Å². The van der Waals surface area contributed by atoms with Crippen molar-refractivity contribution < 1.29 is 8.42 Å². The molecule has 1 aromatic rings. The molecule has 0 N–H and O–H groups in total. The number of nitrogens with zero attached hydrogens (tertiary/aromatic N) is 4. The topological polar surface area (TPSA) is 66.4 Å². The van der Waals surface area contributed by atoms with Crippen molar-refractivity contribution in [1.82, 2.24) is 14.9 Å². The lowest BCUT2D eigenvalue weighted by Crippen LogP contribution is -2.51. The number of piperazine rings is 1. The quantitative estimate of drug-likeness (QED) is 0.759. The minimum atomic E-state index is -2.83. The molecule has 0 aromatic carbocycles. The van der Waals surface area contributed by atoms with Crippen LogP contribution in [0.2, 0.25) is 5.15 Å². The van der Waals surface area contributed by atoms with E-state index in [1.165, 1.54) is 0 Å². The Morgan fingerprint density at radius 2 is 1.91 bits per heavy atom. The fraction of sp³-hybridized carbons (Fsp3) is 0.733. The minimum absolute atomic E-state index is 0.184. The Labute approximate surface area is 142 Å². The molecule has 2 aliphatic rings. The van der Waals surface area contributed by atoms with Crippen molar-refractivity contribution in [2.45, 2.75) is 32.7 Å². The monoisotopic (exact) mass is 358 g/mol. The standard InChI is InChI=1S/C15H23ClN4O2S/c1-3-13-14(16)17-11(2)18-15(13)20-7-5-19(6-8-20)12-4-9-23(21,22)10-12/h12H,3-10H2,1-2H3. The Morgan fingerprint density at radius 1 is 1.22 bits per heavy atom. The third-order valence-corrected chi connectivity index (χ3v) is 6.80. The summed E-state index contributed by atoms with van der Waals surface area (Å²) in [6, 6.07) is 0.184. The van der Waals surface area contributed by atoms with Gasteiger partial charge in [-0.05, 0) is 19.8 Å². The number of aryl methyl sites for hydroxylation is 1. The molecule has 1 unspecified atom stereocenters. The number of sulfone groups is 1. The van der Waals surface area contributed by atoms with E-state index >= 15 is 0 Å². The number of hydrogen-bond acceptors (Lipinski definition) is 6. The summed E-state index contributed by atoms with van der Waals surface area (Å²) in [5.74, 6) is 2.26. The van der Waals surface area contributed by atoms with Crippen LogP contribution in [0, 0.1) is 6.92 Å². The highest BCUT2D eigenvalue weighted by molar-refractivity contribution is 7.91. The Balaban J connectivity index is 1.70. The van der Waals surface area contributed by atoms with E-state index in [1.54, 1.807) is 0 Å². The Hall–Kier alpha value is -0.920. The van der Waals surface area contributed by atoms with Crippen LogP contribution in [-0.4, -0.2) is 67.0 Å². The molecule has 3 heterocycles. The molecule has 0 amide bonds. The van der Waals surface area contributed by atoms with Crippen LogP contribution in [0.5, 0.6) is 0 Å². The number of halogens is 1. The molecule has 1 aromatic heterocycles. The van der Waals surface area contributed by atoms with E-state index in [2.05, 4.69) is 26.7 Å². The first-order chi connectivity index (χ1) is 10.9. The number of aromatic nitrogens is 2. The highest BCUT2D eigenvalue weighted by Gasteiger charge is 2.34. The maximum Gasteiger partial charge on any atom is 0.151 e. The van der Waals surface area contributed by atoms with Crippen LogP contribution in [0.15, 0.2) is 0 Å². The summed E-state index contributed by atoms with van der Waals surface area (Å²) in [5.41, 5.74) is 0.995. The van der Waals surface area contributed by atoms with Gasteiger partial charge in [0.1, 0.15) is 16.8 Å². The first kappa shape index (κ1) is 16.9. The largest absolute Gasteiger partial charge is 0.354 e. The fourth-order valence-electron chi connectivity index (χ4n) is 3.48. The molecule has 128 valence electrons. The van der Waals surface area contributed by atoms with E-state index in [0.29, 0.717) is 22.5 Å². The van der Waals surface area contributed by atoms with Crippen molar-refractivity contribution in [1.29, 1.82) is 0 Å². The minimum Gasteiger partial charge on any atom is -0.354 e. The van der Waals surface area contributed by atoms with Gasteiger partial charge >= 0.3 is 0 Å². The Bertz CT molecular complexity index is 687. The lowest BCUT2D eigenvalue weighted by molar-refractivity contribution is 0.200. The second-order valence-corrected chi connectivity index (χ2v) is 8.88. The molecule has 0 aliphatic carbocycles. The summed E-state index contributed by atoms with van der Waals surface area (Å²) in [6.45, 7) is 7.33. The molecule has 8 heteroatoms. The highest BCUT2D eigenvalue weighted by Crippen LogP contribution is 2.27. The lowest BCUT2D eigenvalue weighted by Gasteiger charge is -2.38. The second-order valence-electron chi connectivity index (χ2n) is 6.30. The van der Waals surface area contributed by atoms with Crippen molar-refractivity contribution >= 4 is 27.3 Å². The zero-order valence-electron chi connectivity index (χ0n) is 13.6. The molecule has 2 saturated heterocycles. The Morgan fingerprint density at radius 3 is 2.48 bits per heavy atom. The van der Waals surface area contributed by atoms with Crippen molar-refractivity contribution in [2.75, 3.05) is 42.6 Å². The summed E-state index contributed by atoms with van der Waals surface area (Å²) >= 11 is 6.26. The number of hydrogen-bond donors (Lipinski definition) is 0. The van der Waals surface area contributed by atoms with Crippen molar-refractivity contribution in [3.8, 4) is 0 Å². The molecule has 0 spiro atoms. The van der Waals surface area contributed by atoms with Crippen molar-refractivity contribution in [2.24, 2.45) is 0 Å². The lowest BCUT2D eigenvalue weighted by atomic mass is 10.1. The summed E-state index contributed by atoms with van der Waals surface area (Å²) < 4.78 is 23.3. The maximum absolute atomic E-state index is 11.7. The fourth-order valence-corrected chi connectivity index (χ4v) is 5.58. The first-order valence-electron chi connectivity index (χ1n) is 8.12. The van der Waals surface area contributed by atoms with Gasteiger partial charge in [0, 0.05) is 37.8 Å². The second kappa shape index (κ2) is 6.53. The van der Waals surface area contributed by atoms with E-state index in [1.807, 2.05) is 6.92 Å². The molecule has 0 bridgehead atoms. The van der Waals surface area contributed by atoms with Gasteiger partial charge in [-0.1, -0.05) is 18.5 Å². The van der Waals surface area contributed by atoms with Crippen LogP contribution in [0.25, 0.3) is 0 Å². The summed E-state index contributed by atoms with van der Waals surface area (Å²) in [6.07, 6.45) is 1.57. The van der Waals surface area contributed by atoms with Gasteiger partial charge in [-0.15, -0.1) is 0 Å². The van der Waals surface area contributed by atoms with Gasteiger partial charge in [-0.25, -0.2) is 18.4 Å². The smallest absolute Gasteiger partial charge is 0.151 e. The Kier molecular flexibility index (Phi) is 4.80. The molecule has 6 nitrogen and oxygen atoms in total. The number of rotatable bonds is 3. The predicted octanol–water partition coefficient (Wildman–Crippen LogP) is 1.31. The molecule has 1 atom stereocenters. The van der Waals surface area contributed by atoms with Gasteiger partial charge < -0.3 is 4.90 Å². The van der Waals surface area contributed by atoms with E-state index < -0.39 is 9.84 Å². The normalized spacial score (nSPS) is 25.0. The first-order valence-corrected chi connectivity index (χ1v) is 10.3. The zero-order valence-corrected chi connectivity index (χ0v) is 15.2. The summed E-state index contributed by atoms with van der Waals surface area (Å²) in [4.78, 5) is 13.4. The van der Waals surface area contributed by atoms with E-state index in [9.17, 15) is 8.42 Å². The SMILES string of the molecule is CCc1c(Cl)nc(C)nc1N1CCN(C2CCS(=O)(=O)C2)CC1. The molecule has 0 radical (unpaired) electrons. The van der Waals surface area contributed by atoms with Crippen LogP contribution in [0.4, 0.5) is 5.82 Å².